The van der Waals surface area contributed by atoms with Crippen LogP contribution in [0.2, 0.25) is 0 Å². The number of nitrogens with one attached hydrogen (secondary N) is 1. The van der Waals surface area contributed by atoms with Crippen LogP contribution in [0.4, 0.5) is 4.79 Å². The number of imide groups is 1. The maximum Gasteiger partial charge on any atom is 0.324 e. The fourth-order valence-electron chi connectivity index (χ4n) is 3.35. The first kappa shape index (κ1) is 17.2. The van der Waals surface area contributed by atoms with E-state index in [1.165, 1.54) is 4.90 Å². The van der Waals surface area contributed by atoms with Crippen LogP contribution in [0.25, 0.3) is 0 Å². The Morgan fingerprint density at radius 1 is 1.07 bits per heavy atom. The summed E-state index contributed by atoms with van der Waals surface area (Å²) >= 11 is 0. The third-order valence-electron chi connectivity index (χ3n) is 4.86. The number of rotatable bonds is 4. The molecule has 9 nitrogen and oxygen atoms in total. The van der Waals surface area contributed by atoms with Crippen molar-refractivity contribution in [3.05, 3.63) is 47.5 Å². The second-order valence-corrected chi connectivity index (χ2v) is 6.69. The molecule has 0 spiro atoms. The molecule has 0 saturated carbocycles. The van der Waals surface area contributed by atoms with Crippen molar-refractivity contribution in [3.63, 3.8) is 0 Å². The van der Waals surface area contributed by atoms with Crippen LogP contribution in [0.15, 0.2) is 30.3 Å². The highest BCUT2D eigenvalue weighted by molar-refractivity contribution is 5.98. The van der Waals surface area contributed by atoms with Crippen molar-refractivity contribution in [3.8, 4) is 0 Å². The van der Waals surface area contributed by atoms with Gasteiger partial charge in [0, 0.05) is 32.5 Å². The maximum atomic E-state index is 12.6. The quantitative estimate of drug-likeness (QED) is 0.828. The summed E-state index contributed by atoms with van der Waals surface area (Å²) in [4.78, 5) is 38.6. The summed E-state index contributed by atoms with van der Waals surface area (Å²) < 4.78 is 2.06. The molecule has 0 atom stereocenters. The average Bonchev–Trinajstić information content (AvgIpc) is 3.07. The molecule has 1 aromatic carbocycles. The van der Waals surface area contributed by atoms with Crippen LogP contribution >= 0.6 is 0 Å². The van der Waals surface area contributed by atoms with Crippen molar-refractivity contribution in [1.82, 2.24) is 29.9 Å². The van der Waals surface area contributed by atoms with Gasteiger partial charge >= 0.3 is 6.03 Å². The molecule has 4 rings (SSSR count). The van der Waals surface area contributed by atoms with Crippen molar-refractivity contribution in [2.24, 2.45) is 0 Å². The van der Waals surface area contributed by atoms with Gasteiger partial charge in [0.2, 0.25) is 11.8 Å². The molecule has 1 N–H and O–H groups in total. The van der Waals surface area contributed by atoms with Gasteiger partial charge in [0.15, 0.2) is 5.82 Å². The summed E-state index contributed by atoms with van der Waals surface area (Å²) in [5.74, 6) is 1.18. The van der Waals surface area contributed by atoms with Gasteiger partial charge in [-0.25, -0.2) is 4.79 Å². The lowest BCUT2D eigenvalue weighted by atomic mass is 10.1. The second-order valence-electron chi connectivity index (χ2n) is 6.69. The number of amides is 4. The van der Waals surface area contributed by atoms with E-state index in [0.29, 0.717) is 26.1 Å². The molecule has 9 heteroatoms. The molecule has 1 fully saturated rings. The van der Waals surface area contributed by atoms with Gasteiger partial charge in [-0.2, -0.15) is 0 Å². The Balaban J connectivity index is 1.39. The fourth-order valence-corrected chi connectivity index (χ4v) is 3.35. The Hall–Kier alpha value is -3.23. The molecule has 1 saturated heterocycles. The minimum atomic E-state index is -0.509. The van der Waals surface area contributed by atoms with Crippen LogP contribution in [-0.4, -0.2) is 62.0 Å². The minimum absolute atomic E-state index is 0.0376. The lowest BCUT2D eigenvalue weighted by molar-refractivity contribution is -0.134. The Kier molecular flexibility index (Phi) is 4.57. The fraction of sp³-hybridized carbons (Fsp3) is 0.389. The molecule has 2 aliphatic rings. The molecule has 1 aromatic heterocycles. The van der Waals surface area contributed by atoms with Crippen molar-refractivity contribution in [2.45, 2.75) is 25.9 Å². The Morgan fingerprint density at radius 3 is 2.67 bits per heavy atom. The smallest absolute Gasteiger partial charge is 0.324 e. The third-order valence-corrected chi connectivity index (χ3v) is 4.86. The van der Waals surface area contributed by atoms with Crippen LogP contribution in [0.3, 0.4) is 0 Å². The van der Waals surface area contributed by atoms with Gasteiger partial charge in [-0.15, -0.1) is 10.2 Å². The number of nitrogens with zero attached hydrogens (tertiary/aromatic N) is 5. The van der Waals surface area contributed by atoms with Gasteiger partial charge in [-0.3, -0.25) is 14.9 Å². The zero-order valence-corrected chi connectivity index (χ0v) is 14.8. The van der Waals surface area contributed by atoms with Crippen LogP contribution in [0.5, 0.6) is 0 Å². The van der Waals surface area contributed by atoms with Crippen molar-refractivity contribution in [2.75, 3.05) is 19.6 Å². The summed E-state index contributed by atoms with van der Waals surface area (Å²) in [6, 6.07) is 9.56. The van der Waals surface area contributed by atoms with Crippen LogP contribution in [-0.2, 0) is 29.1 Å². The topological polar surface area (TPSA) is 100 Å². The molecule has 3 heterocycles. The largest absolute Gasteiger partial charge is 0.332 e. The molecule has 2 aliphatic heterocycles. The van der Waals surface area contributed by atoms with E-state index in [1.807, 2.05) is 18.2 Å². The molecule has 0 unspecified atom stereocenters. The molecule has 0 bridgehead atoms. The van der Waals surface area contributed by atoms with Gasteiger partial charge in [-0.05, 0) is 5.56 Å². The normalized spacial score (nSPS) is 16.9. The van der Waals surface area contributed by atoms with E-state index in [-0.39, 0.29) is 31.3 Å². The molecule has 27 heavy (non-hydrogen) atoms. The van der Waals surface area contributed by atoms with Crippen LogP contribution in [0, 0.1) is 0 Å². The van der Waals surface area contributed by atoms with Crippen LogP contribution in [0.1, 0.15) is 23.6 Å². The third kappa shape index (κ3) is 3.67. The highest BCUT2D eigenvalue weighted by Crippen LogP contribution is 2.16. The molecule has 4 amide bonds. The number of hydrogen-bond acceptors (Lipinski definition) is 5. The second kappa shape index (κ2) is 7.18. The lowest BCUT2D eigenvalue weighted by Crippen LogP contribution is -2.53. The van der Waals surface area contributed by atoms with Gasteiger partial charge < -0.3 is 14.4 Å². The van der Waals surface area contributed by atoms with E-state index < -0.39 is 6.03 Å². The average molecular weight is 368 g/mol. The number of carbonyl (C=O) groups is 3. The Labute approximate surface area is 156 Å². The molecule has 0 aliphatic carbocycles. The monoisotopic (exact) mass is 368 g/mol. The van der Waals surface area contributed by atoms with E-state index in [1.54, 1.807) is 4.90 Å². The number of urea groups is 1. The van der Waals surface area contributed by atoms with E-state index in [0.717, 1.165) is 17.2 Å². The lowest BCUT2D eigenvalue weighted by Gasteiger charge is -2.31. The summed E-state index contributed by atoms with van der Waals surface area (Å²) in [6.07, 6.45) is 0.917. The van der Waals surface area contributed by atoms with Crippen molar-refractivity contribution in [1.29, 1.82) is 0 Å². The van der Waals surface area contributed by atoms with Crippen LogP contribution < -0.4 is 5.32 Å². The first-order chi connectivity index (χ1) is 13.1. The molecular formula is C18H20N6O3. The molecule has 2 aromatic rings. The van der Waals surface area contributed by atoms with Gasteiger partial charge in [0.1, 0.15) is 12.4 Å². The van der Waals surface area contributed by atoms with Gasteiger partial charge in [0.05, 0.1) is 6.54 Å². The Morgan fingerprint density at radius 2 is 1.89 bits per heavy atom. The van der Waals surface area contributed by atoms with Crippen molar-refractivity contribution >= 4 is 17.8 Å². The van der Waals surface area contributed by atoms with E-state index in [9.17, 15) is 14.4 Å². The standard InChI is InChI=1S/C18H20N6O3/c25-16-6-7-23(18(27)19-16)12-17(26)22-8-9-24-14(20-21-15(24)11-22)10-13-4-2-1-3-5-13/h1-5H,6-12H2,(H,19,25,27). The van der Waals surface area contributed by atoms with Crippen molar-refractivity contribution < 1.29 is 14.4 Å². The van der Waals surface area contributed by atoms with E-state index in [2.05, 4.69) is 32.2 Å². The maximum absolute atomic E-state index is 12.6. The zero-order chi connectivity index (χ0) is 18.8. The SMILES string of the molecule is O=C1CCN(CC(=O)N2CCn3c(Cc4ccccc4)nnc3C2)C(=O)N1. The number of benzene rings is 1. The Bertz CT molecular complexity index is 878. The minimum Gasteiger partial charge on any atom is -0.332 e. The predicted octanol–water partition coefficient (Wildman–Crippen LogP) is 0.153. The summed E-state index contributed by atoms with van der Waals surface area (Å²) in [5.41, 5.74) is 1.16. The van der Waals surface area contributed by atoms with Gasteiger partial charge in [0.25, 0.3) is 0 Å². The summed E-state index contributed by atoms with van der Waals surface area (Å²) in [6.45, 7) is 1.77. The first-order valence-electron chi connectivity index (χ1n) is 8.91. The number of hydrogen-bond donors (Lipinski definition) is 1. The molecule has 140 valence electrons. The highest BCUT2D eigenvalue weighted by atomic mass is 16.2. The number of carbonyl (C=O) groups excluding carboxylic acids is 3. The van der Waals surface area contributed by atoms with E-state index >= 15 is 0 Å². The highest BCUT2D eigenvalue weighted by Gasteiger charge is 2.29. The summed E-state index contributed by atoms with van der Waals surface area (Å²) in [5, 5.41) is 10.8. The predicted molar refractivity (Wildman–Crippen MR) is 94.4 cm³/mol. The molecular weight excluding hydrogens is 348 g/mol. The number of aromatic nitrogens is 3. The van der Waals surface area contributed by atoms with E-state index in [4.69, 9.17) is 0 Å². The zero-order valence-electron chi connectivity index (χ0n) is 14.8. The molecule has 0 radical (unpaired) electrons. The van der Waals surface area contributed by atoms with Gasteiger partial charge in [-0.1, -0.05) is 30.3 Å². The summed E-state index contributed by atoms with van der Waals surface area (Å²) in [7, 11) is 0. The first-order valence-corrected chi connectivity index (χ1v) is 8.91. The number of fused-ring (bicyclic) bond motifs is 1.